The SMILES string of the molecule is CCC(=O)N[C@@H](C(=O)N1CCN(C)C2CC21)[C@@H](C)c1ccc(NC(=O)[C@@H](NC(=O)OC(C)(C)C)C2CCCCCC2)c(F)c1. The van der Waals surface area contributed by atoms with Crippen molar-refractivity contribution in [3.63, 3.8) is 0 Å². The Morgan fingerprint density at radius 2 is 1.70 bits per heavy atom. The molecule has 244 valence electrons. The molecule has 5 atom stereocenters. The van der Waals surface area contributed by atoms with Gasteiger partial charge in [0, 0.05) is 37.5 Å². The third kappa shape index (κ3) is 8.49. The number of hydrogen-bond acceptors (Lipinski definition) is 6. The van der Waals surface area contributed by atoms with Gasteiger partial charge in [0.2, 0.25) is 17.7 Å². The van der Waals surface area contributed by atoms with Crippen LogP contribution in [0.3, 0.4) is 0 Å². The van der Waals surface area contributed by atoms with Crippen molar-refractivity contribution >= 4 is 29.5 Å². The highest BCUT2D eigenvalue weighted by molar-refractivity contribution is 5.97. The van der Waals surface area contributed by atoms with Crippen molar-refractivity contribution in [1.29, 1.82) is 0 Å². The smallest absolute Gasteiger partial charge is 0.408 e. The molecule has 0 aromatic heterocycles. The number of amides is 4. The van der Waals surface area contributed by atoms with E-state index in [0.29, 0.717) is 18.2 Å². The molecule has 1 aromatic carbocycles. The summed E-state index contributed by atoms with van der Waals surface area (Å²) >= 11 is 0. The number of halogens is 1. The predicted octanol–water partition coefficient (Wildman–Crippen LogP) is 4.54. The number of hydrogen-bond donors (Lipinski definition) is 3. The average Bonchev–Trinajstić information content (AvgIpc) is 3.79. The first kappa shape index (κ1) is 33.7. The third-order valence-corrected chi connectivity index (χ3v) is 9.17. The number of nitrogens with one attached hydrogen (secondary N) is 3. The van der Waals surface area contributed by atoms with Crippen molar-refractivity contribution in [1.82, 2.24) is 20.4 Å². The van der Waals surface area contributed by atoms with Gasteiger partial charge in [-0.3, -0.25) is 19.3 Å². The maximum atomic E-state index is 15.6. The summed E-state index contributed by atoms with van der Waals surface area (Å²) in [7, 11) is 2.06. The zero-order chi connectivity index (χ0) is 32.2. The summed E-state index contributed by atoms with van der Waals surface area (Å²) in [5.74, 6) is -2.17. The Kier molecular flexibility index (Phi) is 10.9. The van der Waals surface area contributed by atoms with Crippen LogP contribution in [-0.4, -0.2) is 83.5 Å². The molecule has 1 aliphatic heterocycles. The minimum Gasteiger partial charge on any atom is -0.444 e. The van der Waals surface area contributed by atoms with Crippen LogP contribution in [0.2, 0.25) is 0 Å². The number of ether oxygens (including phenoxy) is 1. The molecule has 3 aliphatic rings. The van der Waals surface area contributed by atoms with Crippen LogP contribution in [0.5, 0.6) is 0 Å². The number of anilines is 1. The van der Waals surface area contributed by atoms with Gasteiger partial charge in [-0.15, -0.1) is 0 Å². The van der Waals surface area contributed by atoms with E-state index in [4.69, 9.17) is 4.74 Å². The van der Waals surface area contributed by atoms with Crippen molar-refractivity contribution < 1.29 is 28.3 Å². The largest absolute Gasteiger partial charge is 0.444 e. The fraction of sp³-hybridized carbons (Fsp3) is 0.697. The number of nitrogens with zero attached hydrogens (tertiary/aromatic N) is 2. The molecule has 3 N–H and O–H groups in total. The van der Waals surface area contributed by atoms with Crippen LogP contribution >= 0.6 is 0 Å². The summed E-state index contributed by atoms with van der Waals surface area (Å²) in [6.07, 6.45) is 6.07. The van der Waals surface area contributed by atoms with E-state index in [0.717, 1.165) is 51.5 Å². The van der Waals surface area contributed by atoms with E-state index in [9.17, 15) is 19.2 Å². The standard InChI is InChI=1S/C33H50FN5O5/c1-7-27(40)36-28(31(42)39-17-16-38(6)25-19-26(25)39)20(2)22-14-15-24(23(34)18-22)35-30(41)29(21-12-10-8-9-11-13-21)37-32(43)44-33(3,4)5/h14-15,18,20-21,25-26,28-29H,7-13,16-17,19H2,1-6H3,(H,35,41)(H,36,40)(H,37,43)/t20-,25?,26?,28+,29-/m0/s1. The minimum atomic E-state index is -0.873. The van der Waals surface area contributed by atoms with Crippen molar-refractivity contribution in [3.05, 3.63) is 29.6 Å². The molecule has 2 saturated carbocycles. The Bertz CT molecular complexity index is 1210. The number of carbonyl (C=O) groups is 4. The van der Waals surface area contributed by atoms with Crippen LogP contribution in [0, 0.1) is 11.7 Å². The van der Waals surface area contributed by atoms with Gasteiger partial charge in [-0.05, 0) is 70.7 Å². The molecule has 0 spiro atoms. The lowest BCUT2D eigenvalue weighted by Gasteiger charge is -2.36. The first-order valence-electron chi connectivity index (χ1n) is 16.2. The van der Waals surface area contributed by atoms with E-state index in [1.54, 1.807) is 40.7 Å². The monoisotopic (exact) mass is 615 g/mol. The molecule has 44 heavy (non-hydrogen) atoms. The van der Waals surface area contributed by atoms with Crippen LogP contribution < -0.4 is 16.0 Å². The van der Waals surface area contributed by atoms with Crippen LogP contribution in [0.15, 0.2) is 18.2 Å². The second-order valence-electron chi connectivity index (χ2n) is 13.7. The van der Waals surface area contributed by atoms with E-state index in [-0.39, 0.29) is 35.9 Å². The Labute approximate surface area is 260 Å². The highest BCUT2D eigenvalue weighted by Gasteiger charge is 2.50. The van der Waals surface area contributed by atoms with Gasteiger partial charge in [-0.1, -0.05) is 45.6 Å². The molecule has 4 amide bonds. The Balaban J connectivity index is 1.50. The molecule has 3 fully saturated rings. The maximum Gasteiger partial charge on any atom is 0.408 e. The first-order chi connectivity index (χ1) is 20.8. The Hall–Kier alpha value is -3.21. The zero-order valence-electron chi connectivity index (χ0n) is 27.1. The molecular weight excluding hydrogens is 565 g/mol. The van der Waals surface area contributed by atoms with Crippen molar-refractivity contribution in [2.75, 3.05) is 25.5 Å². The molecule has 1 aromatic rings. The van der Waals surface area contributed by atoms with Crippen LogP contribution in [0.1, 0.15) is 97.5 Å². The van der Waals surface area contributed by atoms with Gasteiger partial charge in [0.25, 0.3) is 0 Å². The quantitative estimate of drug-likeness (QED) is 0.351. The van der Waals surface area contributed by atoms with Crippen molar-refractivity contribution in [3.8, 4) is 0 Å². The number of piperazine rings is 1. The molecule has 2 aliphatic carbocycles. The van der Waals surface area contributed by atoms with E-state index >= 15 is 4.39 Å². The third-order valence-electron chi connectivity index (χ3n) is 9.17. The van der Waals surface area contributed by atoms with E-state index in [1.807, 2.05) is 4.90 Å². The highest BCUT2D eigenvalue weighted by atomic mass is 19.1. The summed E-state index contributed by atoms with van der Waals surface area (Å²) in [4.78, 5) is 56.5. The molecule has 4 rings (SSSR count). The summed E-state index contributed by atoms with van der Waals surface area (Å²) in [6.45, 7) is 10.1. The molecule has 10 nitrogen and oxygen atoms in total. The lowest BCUT2D eigenvalue weighted by Crippen LogP contribution is -2.55. The number of alkyl carbamates (subject to hydrolysis) is 1. The van der Waals surface area contributed by atoms with Crippen LogP contribution in [0.4, 0.5) is 14.9 Å². The summed E-state index contributed by atoms with van der Waals surface area (Å²) in [5, 5.41) is 8.32. The summed E-state index contributed by atoms with van der Waals surface area (Å²) in [6, 6.07) is 3.23. The molecule has 0 radical (unpaired) electrons. The zero-order valence-corrected chi connectivity index (χ0v) is 27.1. The van der Waals surface area contributed by atoms with Crippen LogP contribution in [0.25, 0.3) is 0 Å². The maximum absolute atomic E-state index is 15.6. The molecule has 2 unspecified atom stereocenters. The topological polar surface area (TPSA) is 120 Å². The normalized spacial score (nSPS) is 22.9. The second-order valence-corrected chi connectivity index (χ2v) is 13.7. The number of benzene rings is 1. The van der Waals surface area contributed by atoms with E-state index in [2.05, 4.69) is 27.9 Å². The second kappa shape index (κ2) is 14.3. The average molecular weight is 616 g/mol. The first-order valence-corrected chi connectivity index (χ1v) is 16.2. The number of fused-ring (bicyclic) bond motifs is 1. The number of carbonyl (C=O) groups excluding carboxylic acids is 4. The Morgan fingerprint density at radius 1 is 1.02 bits per heavy atom. The van der Waals surface area contributed by atoms with Crippen LogP contribution in [-0.2, 0) is 19.1 Å². The molecule has 11 heteroatoms. The molecule has 0 bridgehead atoms. The van der Waals surface area contributed by atoms with Gasteiger partial charge in [-0.2, -0.15) is 0 Å². The fourth-order valence-corrected chi connectivity index (χ4v) is 6.50. The number of likely N-dealkylation sites (N-methyl/N-ethyl adjacent to an activating group) is 1. The molecule has 1 heterocycles. The lowest BCUT2D eigenvalue weighted by molar-refractivity contribution is -0.138. The predicted molar refractivity (Wildman–Crippen MR) is 167 cm³/mol. The van der Waals surface area contributed by atoms with Gasteiger partial charge in [0.15, 0.2) is 0 Å². The summed E-state index contributed by atoms with van der Waals surface area (Å²) in [5.41, 5.74) is -0.215. The van der Waals surface area contributed by atoms with Gasteiger partial charge < -0.3 is 25.6 Å². The van der Waals surface area contributed by atoms with E-state index < -0.39 is 41.4 Å². The fourth-order valence-electron chi connectivity index (χ4n) is 6.50. The lowest BCUT2D eigenvalue weighted by atomic mass is 9.90. The number of rotatable bonds is 9. The van der Waals surface area contributed by atoms with Crippen molar-refractivity contribution in [2.24, 2.45) is 5.92 Å². The Morgan fingerprint density at radius 3 is 2.32 bits per heavy atom. The van der Waals surface area contributed by atoms with Gasteiger partial charge in [0.05, 0.1) is 5.69 Å². The van der Waals surface area contributed by atoms with Gasteiger partial charge in [0.1, 0.15) is 23.5 Å². The van der Waals surface area contributed by atoms with Gasteiger partial charge >= 0.3 is 6.09 Å². The van der Waals surface area contributed by atoms with E-state index in [1.165, 1.54) is 12.1 Å². The van der Waals surface area contributed by atoms with Gasteiger partial charge in [-0.25, -0.2) is 9.18 Å². The summed E-state index contributed by atoms with van der Waals surface area (Å²) < 4.78 is 21.0. The minimum absolute atomic E-state index is 0.0177. The molecule has 1 saturated heterocycles. The highest BCUT2D eigenvalue weighted by Crippen LogP contribution is 2.37. The van der Waals surface area contributed by atoms with Crippen molar-refractivity contribution in [2.45, 2.75) is 122 Å². The molecular formula is C33H50FN5O5.